The van der Waals surface area contributed by atoms with E-state index in [1.165, 1.54) is 28.8 Å². The third-order valence-electron chi connectivity index (χ3n) is 4.89. The number of rotatable bonds is 4. The minimum absolute atomic E-state index is 0.0203. The Kier molecular flexibility index (Phi) is 5.13. The van der Waals surface area contributed by atoms with Gasteiger partial charge in [0.15, 0.2) is 0 Å². The third kappa shape index (κ3) is 3.77. The second-order valence-corrected chi connectivity index (χ2v) is 7.70. The maximum absolute atomic E-state index is 13.6. The van der Waals surface area contributed by atoms with Crippen LogP contribution in [0.5, 0.6) is 0 Å². The van der Waals surface area contributed by atoms with Crippen molar-refractivity contribution < 1.29 is 23.5 Å². The van der Waals surface area contributed by atoms with Gasteiger partial charge in [-0.1, -0.05) is 6.07 Å². The van der Waals surface area contributed by atoms with E-state index < -0.39 is 6.09 Å². The van der Waals surface area contributed by atoms with Crippen molar-refractivity contribution in [2.24, 2.45) is 0 Å². The van der Waals surface area contributed by atoms with Gasteiger partial charge in [-0.25, -0.2) is 9.18 Å². The Balaban J connectivity index is 1.36. The number of amides is 2. The molecule has 0 spiro atoms. The predicted octanol–water partition coefficient (Wildman–Crippen LogP) is 3.78. The van der Waals surface area contributed by atoms with E-state index >= 15 is 0 Å². The molecule has 1 fully saturated rings. The normalized spacial score (nSPS) is 14.8. The highest BCUT2D eigenvalue weighted by Crippen LogP contribution is 2.30. The van der Waals surface area contributed by atoms with Crippen LogP contribution in [0.15, 0.2) is 40.8 Å². The number of hydrogen-bond donors (Lipinski definition) is 1. The van der Waals surface area contributed by atoms with E-state index in [1.807, 2.05) is 18.2 Å². The number of halogens is 1. The quantitative estimate of drug-likeness (QED) is 0.719. The SMILES string of the molecule is O=C(O)N1CCN(C(=O)CSCc2ccc3oc4ccc(F)cc4c3c2)CC1. The number of carbonyl (C=O) groups is 2. The molecule has 0 radical (unpaired) electrons. The first-order valence-electron chi connectivity index (χ1n) is 8.95. The molecule has 1 aliphatic rings. The monoisotopic (exact) mass is 402 g/mol. The Bertz CT molecular complexity index is 1040. The molecule has 0 bridgehead atoms. The first kappa shape index (κ1) is 18.6. The molecule has 28 heavy (non-hydrogen) atoms. The Morgan fingerprint density at radius 1 is 1.00 bits per heavy atom. The maximum Gasteiger partial charge on any atom is 0.407 e. The number of benzene rings is 2. The summed E-state index contributed by atoms with van der Waals surface area (Å²) in [6, 6.07) is 10.3. The van der Waals surface area contributed by atoms with Crippen LogP contribution in [0.4, 0.5) is 9.18 Å². The number of piperazine rings is 1. The van der Waals surface area contributed by atoms with E-state index in [1.54, 1.807) is 11.0 Å². The number of hydrogen-bond acceptors (Lipinski definition) is 4. The molecule has 1 aromatic heterocycles. The number of furan rings is 1. The average molecular weight is 402 g/mol. The Hall–Kier alpha value is -2.74. The first-order chi connectivity index (χ1) is 13.5. The van der Waals surface area contributed by atoms with Crippen molar-refractivity contribution in [1.82, 2.24) is 9.80 Å². The van der Waals surface area contributed by atoms with Gasteiger partial charge in [0, 0.05) is 42.7 Å². The Morgan fingerprint density at radius 2 is 1.64 bits per heavy atom. The van der Waals surface area contributed by atoms with E-state index in [4.69, 9.17) is 9.52 Å². The third-order valence-corrected chi connectivity index (χ3v) is 5.88. The van der Waals surface area contributed by atoms with Crippen molar-refractivity contribution in [1.29, 1.82) is 0 Å². The number of carboxylic acid groups (broad SMARTS) is 1. The van der Waals surface area contributed by atoms with Crippen molar-refractivity contribution in [3.8, 4) is 0 Å². The summed E-state index contributed by atoms with van der Waals surface area (Å²) in [6.07, 6.45) is -0.941. The molecular formula is C20H19FN2O4S. The first-order valence-corrected chi connectivity index (χ1v) is 10.1. The van der Waals surface area contributed by atoms with Crippen LogP contribution in [0, 0.1) is 5.82 Å². The fourth-order valence-corrected chi connectivity index (χ4v) is 4.26. The summed E-state index contributed by atoms with van der Waals surface area (Å²) >= 11 is 1.51. The fraction of sp³-hybridized carbons (Fsp3) is 0.300. The van der Waals surface area contributed by atoms with Gasteiger partial charge in [0.1, 0.15) is 17.0 Å². The zero-order valence-corrected chi connectivity index (χ0v) is 15.9. The highest BCUT2D eigenvalue weighted by Gasteiger charge is 2.23. The lowest BCUT2D eigenvalue weighted by atomic mass is 10.1. The van der Waals surface area contributed by atoms with Gasteiger partial charge in [0.2, 0.25) is 5.91 Å². The van der Waals surface area contributed by atoms with Crippen LogP contribution in [-0.2, 0) is 10.5 Å². The maximum atomic E-state index is 13.6. The predicted molar refractivity (Wildman–Crippen MR) is 106 cm³/mol. The van der Waals surface area contributed by atoms with Gasteiger partial charge >= 0.3 is 6.09 Å². The van der Waals surface area contributed by atoms with Crippen molar-refractivity contribution in [2.45, 2.75) is 5.75 Å². The van der Waals surface area contributed by atoms with E-state index in [2.05, 4.69) is 0 Å². The van der Waals surface area contributed by atoms with Gasteiger partial charge in [-0.15, -0.1) is 11.8 Å². The molecule has 8 heteroatoms. The molecule has 146 valence electrons. The molecule has 1 aliphatic heterocycles. The van der Waals surface area contributed by atoms with Gasteiger partial charge in [0.05, 0.1) is 5.75 Å². The topological polar surface area (TPSA) is 74.0 Å². The number of thioether (sulfide) groups is 1. The average Bonchev–Trinajstić information content (AvgIpc) is 3.05. The van der Waals surface area contributed by atoms with Crippen LogP contribution in [-0.4, -0.2) is 58.8 Å². The van der Waals surface area contributed by atoms with Gasteiger partial charge in [0.25, 0.3) is 0 Å². The summed E-state index contributed by atoms with van der Waals surface area (Å²) in [5.74, 6) is 0.709. The zero-order chi connectivity index (χ0) is 19.7. The molecule has 6 nitrogen and oxygen atoms in total. The van der Waals surface area contributed by atoms with Gasteiger partial charge < -0.3 is 19.3 Å². The van der Waals surface area contributed by atoms with Crippen LogP contribution in [0.3, 0.4) is 0 Å². The number of fused-ring (bicyclic) bond motifs is 3. The summed E-state index contributed by atoms with van der Waals surface area (Å²) in [6.45, 7) is 1.58. The van der Waals surface area contributed by atoms with E-state index in [-0.39, 0.29) is 11.7 Å². The minimum Gasteiger partial charge on any atom is -0.465 e. The van der Waals surface area contributed by atoms with Gasteiger partial charge in [-0.05, 0) is 35.9 Å². The summed E-state index contributed by atoms with van der Waals surface area (Å²) in [7, 11) is 0. The molecule has 2 aromatic carbocycles. The Morgan fingerprint density at radius 3 is 2.36 bits per heavy atom. The fourth-order valence-electron chi connectivity index (χ4n) is 3.38. The van der Waals surface area contributed by atoms with Crippen LogP contribution >= 0.6 is 11.8 Å². The molecule has 0 atom stereocenters. The number of nitrogens with zero attached hydrogens (tertiary/aromatic N) is 2. The molecule has 3 aromatic rings. The lowest BCUT2D eigenvalue weighted by molar-refractivity contribution is -0.129. The molecule has 1 N–H and O–H groups in total. The summed E-state index contributed by atoms with van der Waals surface area (Å²) in [5.41, 5.74) is 2.39. The lowest BCUT2D eigenvalue weighted by Gasteiger charge is -2.33. The summed E-state index contributed by atoms with van der Waals surface area (Å²) in [5, 5.41) is 10.6. The smallest absolute Gasteiger partial charge is 0.407 e. The van der Waals surface area contributed by atoms with Crippen molar-refractivity contribution in [3.63, 3.8) is 0 Å². The largest absolute Gasteiger partial charge is 0.465 e. The van der Waals surface area contributed by atoms with Crippen molar-refractivity contribution in [2.75, 3.05) is 31.9 Å². The molecule has 1 saturated heterocycles. The molecule has 4 rings (SSSR count). The Labute approximate surface area is 164 Å². The summed E-state index contributed by atoms with van der Waals surface area (Å²) < 4.78 is 19.3. The zero-order valence-electron chi connectivity index (χ0n) is 15.1. The second-order valence-electron chi connectivity index (χ2n) is 6.72. The lowest BCUT2D eigenvalue weighted by Crippen LogP contribution is -2.50. The second kappa shape index (κ2) is 7.71. The van der Waals surface area contributed by atoms with Crippen LogP contribution in [0.1, 0.15) is 5.56 Å². The van der Waals surface area contributed by atoms with Crippen LogP contribution in [0.25, 0.3) is 21.9 Å². The van der Waals surface area contributed by atoms with Crippen molar-refractivity contribution in [3.05, 3.63) is 47.8 Å². The van der Waals surface area contributed by atoms with Gasteiger partial charge in [-0.3, -0.25) is 4.79 Å². The van der Waals surface area contributed by atoms with Crippen LogP contribution < -0.4 is 0 Å². The van der Waals surface area contributed by atoms with Crippen molar-refractivity contribution >= 4 is 45.7 Å². The molecule has 2 amide bonds. The number of carbonyl (C=O) groups excluding carboxylic acids is 1. The molecule has 2 heterocycles. The van der Waals surface area contributed by atoms with Gasteiger partial charge in [-0.2, -0.15) is 0 Å². The summed E-state index contributed by atoms with van der Waals surface area (Å²) in [4.78, 5) is 26.3. The molecule has 0 unspecified atom stereocenters. The van der Waals surface area contributed by atoms with E-state index in [9.17, 15) is 14.0 Å². The van der Waals surface area contributed by atoms with Crippen LogP contribution in [0.2, 0.25) is 0 Å². The molecular weight excluding hydrogens is 383 g/mol. The highest BCUT2D eigenvalue weighted by molar-refractivity contribution is 7.99. The molecule has 0 saturated carbocycles. The standard InChI is InChI=1S/C20H19FN2O4S/c21-14-2-4-18-16(10-14)15-9-13(1-3-17(15)27-18)11-28-12-19(24)22-5-7-23(8-6-22)20(25)26/h1-4,9-10H,5-8,11-12H2,(H,25,26). The van der Waals surface area contributed by atoms with E-state index in [0.29, 0.717) is 48.9 Å². The van der Waals surface area contributed by atoms with E-state index in [0.717, 1.165) is 16.3 Å². The highest BCUT2D eigenvalue weighted by atomic mass is 32.2. The molecule has 0 aliphatic carbocycles. The minimum atomic E-state index is -0.941.